The lowest BCUT2D eigenvalue weighted by atomic mass is 10.1. The fraction of sp³-hybridized carbons (Fsp3) is 0.417. The second kappa shape index (κ2) is 4.80. The number of Topliss-reactive ketones (excluding diaryl/α,β-unsaturated/α-hetero) is 1. The Morgan fingerprint density at radius 3 is 2.71 bits per heavy atom. The number of hydrogen-bond donors (Lipinski definition) is 0. The Balaban J connectivity index is 2.74. The van der Waals surface area contributed by atoms with Crippen LogP contribution < -0.4 is 4.74 Å². The highest BCUT2D eigenvalue weighted by atomic mass is 16.5. The molecule has 0 amide bonds. The van der Waals surface area contributed by atoms with Gasteiger partial charge in [0.2, 0.25) is 0 Å². The second-order valence-corrected chi connectivity index (χ2v) is 3.51. The number of benzene rings is 1. The Kier molecular flexibility index (Phi) is 3.69. The Morgan fingerprint density at radius 1 is 1.43 bits per heavy atom. The average molecular weight is 192 g/mol. The summed E-state index contributed by atoms with van der Waals surface area (Å²) in [6.07, 6.45) is 1.40. The van der Waals surface area contributed by atoms with Crippen molar-refractivity contribution >= 4 is 5.78 Å². The van der Waals surface area contributed by atoms with Gasteiger partial charge in [0.05, 0.1) is 7.11 Å². The third-order valence-corrected chi connectivity index (χ3v) is 2.24. The molecule has 1 aromatic rings. The first-order valence-electron chi connectivity index (χ1n) is 4.76. The molecule has 0 aliphatic carbocycles. The summed E-state index contributed by atoms with van der Waals surface area (Å²) < 4.78 is 5.21. The van der Waals surface area contributed by atoms with E-state index in [0.717, 1.165) is 23.3 Å². The molecule has 0 saturated heterocycles. The average Bonchev–Trinajstić information content (AvgIpc) is 2.16. The highest BCUT2D eigenvalue weighted by molar-refractivity contribution is 5.75. The van der Waals surface area contributed by atoms with E-state index >= 15 is 0 Å². The van der Waals surface area contributed by atoms with Gasteiger partial charge >= 0.3 is 0 Å². The molecule has 2 nitrogen and oxygen atoms in total. The van der Waals surface area contributed by atoms with E-state index in [-0.39, 0.29) is 5.78 Å². The summed E-state index contributed by atoms with van der Waals surface area (Å²) in [5, 5.41) is 0. The van der Waals surface area contributed by atoms with Gasteiger partial charge in [-0.1, -0.05) is 12.1 Å². The summed E-state index contributed by atoms with van der Waals surface area (Å²) in [7, 11) is 1.66. The number of ether oxygens (including phenoxy) is 1. The minimum atomic E-state index is 0.226. The molecule has 0 aliphatic heterocycles. The second-order valence-electron chi connectivity index (χ2n) is 3.51. The number of ketones is 1. The third-order valence-electron chi connectivity index (χ3n) is 2.24. The van der Waals surface area contributed by atoms with E-state index in [0.29, 0.717) is 6.42 Å². The zero-order valence-corrected chi connectivity index (χ0v) is 8.96. The molecule has 14 heavy (non-hydrogen) atoms. The first-order valence-corrected chi connectivity index (χ1v) is 4.76. The fourth-order valence-corrected chi connectivity index (χ4v) is 1.34. The number of aryl methyl sites for hydroxylation is 2. The van der Waals surface area contributed by atoms with Crippen LogP contribution in [0.25, 0.3) is 0 Å². The van der Waals surface area contributed by atoms with Crippen LogP contribution in [0.3, 0.4) is 0 Å². The van der Waals surface area contributed by atoms with E-state index in [1.165, 1.54) is 0 Å². The summed E-state index contributed by atoms with van der Waals surface area (Å²) in [5.74, 6) is 1.12. The van der Waals surface area contributed by atoms with Gasteiger partial charge in [0.1, 0.15) is 11.5 Å². The van der Waals surface area contributed by atoms with Crippen molar-refractivity contribution in [3.05, 3.63) is 29.3 Å². The molecule has 0 spiro atoms. The minimum absolute atomic E-state index is 0.226. The molecule has 0 radical (unpaired) electrons. The highest BCUT2D eigenvalue weighted by Crippen LogP contribution is 2.19. The molecule has 0 N–H and O–H groups in total. The Labute approximate surface area is 84.9 Å². The molecule has 0 atom stereocenters. The van der Waals surface area contributed by atoms with Gasteiger partial charge in [0.25, 0.3) is 0 Å². The topological polar surface area (TPSA) is 26.3 Å². The van der Waals surface area contributed by atoms with E-state index in [4.69, 9.17) is 4.74 Å². The van der Waals surface area contributed by atoms with Crippen molar-refractivity contribution in [3.63, 3.8) is 0 Å². The van der Waals surface area contributed by atoms with Crippen LogP contribution in [0.4, 0.5) is 0 Å². The van der Waals surface area contributed by atoms with Gasteiger partial charge < -0.3 is 9.53 Å². The van der Waals surface area contributed by atoms with Crippen molar-refractivity contribution in [1.29, 1.82) is 0 Å². The van der Waals surface area contributed by atoms with Crippen LogP contribution in [0.15, 0.2) is 18.2 Å². The number of methoxy groups -OCH3 is 1. The molecule has 0 heterocycles. The molecule has 0 bridgehead atoms. The zero-order chi connectivity index (χ0) is 10.6. The summed E-state index contributed by atoms with van der Waals surface area (Å²) in [6.45, 7) is 3.62. The lowest BCUT2D eigenvalue weighted by Crippen LogP contribution is -1.95. The predicted molar refractivity (Wildman–Crippen MR) is 56.7 cm³/mol. The molecule has 0 unspecified atom stereocenters. The van der Waals surface area contributed by atoms with Gasteiger partial charge in [-0.25, -0.2) is 0 Å². The molecular weight excluding hydrogens is 176 g/mol. The standard InChI is InChI=1S/C12H16O2/c1-9-4-6-11(7-5-10(2)13)8-12(9)14-3/h4,6,8H,5,7H2,1-3H3. The molecule has 0 aliphatic rings. The molecule has 1 rings (SSSR count). The zero-order valence-electron chi connectivity index (χ0n) is 8.96. The Hall–Kier alpha value is -1.31. The lowest BCUT2D eigenvalue weighted by Gasteiger charge is -2.06. The monoisotopic (exact) mass is 192 g/mol. The summed E-state index contributed by atoms with van der Waals surface area (Å²) in [5.41, 5.74) is 2.28. The number of carbonyl (C=O) groups excluding carboxylic acids is 1. The lowest BCUT2D eigenvalue weighted by molar-refractivity contribution is -0.116. The van der Waals surface area contributed by atoms with Crippen molar-refractivity contribution in [1.82, 2.24) is 0 Å². The van der Waals surface area contributed by atoms with Crippen LogP contribution in [0.5, 0.6) is 5.75 Å². The van der Waals surface area contributed by atoms with Crippen LogP contribution >= 0.6 is 0 Å². The number of rotatable bonds is 4. The molecule has 0 saturated carbocycles. The van der Waals surface area contributed by atoms with E-state index in [2.05, 4.69) is 0 Å². The van der Waals surface area contributed by atoms with Crippen molar-refractivity contribution < 1.29 is 9.53 Å². The van der Waals surface area contributed by atoms with E-state index in [9.17, 15) is 4.79 Å². The predicted octanol–water partition coefficient (Wildman–Crippen LogP) is 2.53. The summed E-state index contributed by atoms with van der Waals surface area (Å²) in [6, 6.07) is 6.06. The molecule has 0 aromatic heterocycles. The van der Waals surface area contributed by atoms with Crippen molar-refractivity contribution in [2.75, 3.05) is 7.11 Å². The van der Waals surface area contributed by atoms with Gasteiger partial charge in [0.15, 0.2) is 0 Å². The minimum Gasteiger partial charge on any atom is -0.496 e. The van der Waals surface area contributed by atoms with Crippen LogP contribution in [-0.4, -0.2) is 12.9 Å². The molecule has 1 aromatic carbocycles. The van der Waals surface area contributed by atoms with Gasteiger partial charge in [-0.2, -0.15) is 0 Å². The van der Waals surface area contributed by atoms with Crippen molar-refractivity contribution in [2.24, 2.45) is 0 Å². The number of carbonyl (C=O) groups is 1. The normalized spacial score (nSPS) is 9.93. The first-order chi connectivity index (χ1) is 6.63. The van der Waals surface area contributed by atoms with Crippen LogP contribution in [-0.2, 0) is 11.2 Å². The highest BCUT2D eigenvalue weighted by Gasteiger charge is 2.01. The quantitative estimate of drug-likeness (QED) is 0.732. The number of hydrogen-bond acceptors (Lipinski definition) is 2. The van der Waals surface area contributed by atoms with Crippen LogP contribution in [0, 0.1) is 6.92 Å². The SMILES string of the molecule is COc1cc(CCC(C)=O)ccc1C. The fourth-order valence-electron chi connectivity index (χ4n) is 1.34. The van der Waals surface area contributed by atoms with E-state index in [1.54, 1.807) is 14.0 Å². The van der Waals surface area contributed by atoms with Crippen LogP contribution in [0.2, 0.25) is 0 Å². The van der Waals surface area contributed by atoms with E-state index in [1.807, 2.05) is 25.1 Å². The first kappa shape index (κ1) is 10.8. The van der Waals surface area contributed by atoms with Crippen molar-refractivity contribution in [3.8, 4) is 5.75 Å². The van der Waals surface area contributed by atoms with Crippen LogP contribution in [0.1, 0.15) is 24.5 Å². The maximum absolute atomic E-state index is 10.8. The summed E-state index contributed by atoms with van der Waals surface area (Å²) in [4.78, 5) is 10.8. The van der Waals surface area contributed by atoms with E-state index < -0.39 is 0 Å². The van der Waals surface area contributed by atoms with Gasteiger partial charge in [0, 0.05) is 6.42 Å². The molecular formula is C12H16O2. The smallest absolute Gasteiger partial charge is 0.130 e. The Bertz CT molecular complexity index is 329. The molecule has 76 valence electrons. The largest absolute Gasteiger partial charge is 0.496 e. The Morgan fingerprint density at radius 2 is 2.14 bits per heavy atom. The van der Waals surface area contributed by atoms with Gasteiger partial charge in [-0.15, -0.1) is 0 Å². The molecule has 0 fully saturated rings. The summed E-state index contributed by atoms with van der Waals surface area (Å²) >= 11 is 0. The maximum atomic E-state index is 10.8. The van der Waals surface area contributed by atoms with Gasteiger partial charge in [-0.3, -0.25) is 0 Å². The molecule has 2 heteroatoms. The maximum Gasteiger partial charge on any atom is 0.130 e. The van der Waals surface area contributed by atoms with Gasteiger partial charge in [-0.05, 0) is 37.5 Å². The third kappa shape index (κ3) is 2.87. The van der Waals surface area contributed by atoms with Crippen molar-refractivity contribution in [2.45, 2.75) is 26.7 Å².